The van der Waals surface area contributed by atoms with Gasteiger partial charge in [0.2, 0.25) is 5.91 Å². The molecule has 0 saturated carbocycles. The van der Waals surface area contributed by atoms with Crippen LogP contribution in [0.25, 0.3) is 0 Å². The molecular weight excluding hydrogens is 308 g/mol. The number of nitrogens with zero attached hydrogens (tertiary/aromatic N) is 1. The summed E-state index contributed by atoms with van der Waals surface area (Å²) in [5, 5.41) is 0. The summed E-state index contributed by atoms with van der Waals surface area (Å²) in [4.78, 5) is 14.1. The highest BCUT2D eigenvalue weighted by Gasteiger charge is 2.26. The standard InChI is InChI=1S/C14H19BrN2O2/c1-10(16)13-9-17(5-6-19-13)14(18)8-11-3-2-4-12(15)7-11/h2-4,7,10,13H,5-6,8-9,16H2,1H3/t10-,13-/m1/s1. The molecule has 1 amide bonds. The number of morpholine rings is 1. The third-order valence-corrected chi connectivity index (χ3v) is 3.77. The van der Waals surface area contributed by atoms with Crippen molar-refractivity contribution in [3.8, 4) is 0 Å². The van der Waals surface area contributed by atoms with E-state index in [0.717, 1.165) is 10.0 Å². The quantitative estimate of drug-likeness (QED) is 0.917. The van der Waals surface area contributed by atoms with Gasteiger partial charge in [0.15, 0.2) is 0 Å². The van der Waals surface area contributed by atoms with Gasteiger partial charge in [-0.25, -0.2) is 0 Å². The van der Waals surface area contributed by atoms with Crippen LogP contribution < -0.4 is 5.73 Å². The van der Waals surface area contributed by atoms with Crippen molar-refractivity contribution in [3.05, 3.63) is 34.3 Å². The molecule has 1 saturated heterocycles. The fourth-order valence-electron chi connectivity index (χ4n) is 2.15. The fourth-order valence-corrected chi connectivity index (χ4v) is 2.60. The highest BCUT2D eigenvalue weighted by atomic mass is 79.9. The second-order valence-corrected chi connectivity index (χ2v) is 5.83. The van der Waals surface area contributed by atoms with Gasteiger partial charge < -0.3 is 15.4 Å². The molecule has 0 aromatic heterocycles. The maximum absolute atomic E-state index is 12.3. The normalized spacial score (nSPS) is 21.2. The number of nitrogens with two attached hydrogens (primary N) is 1. The number of hydrogen-bond acceptors (Lipinski definition) is 3. The summed E-state index contributed by atoms with van der Waals surface area (Å²) in [5.74, 6) is 0.132. The van der Waals surface area contributed by atoms with E-state index in [0.29, 0.717) is 26.1 Å². The molecule has 0 unspecified atom stereocenters. The predicted molar refractivity (Wildman–Crippen MR) is 77.8 cm³/mol. The number of rotatable bonds is 3. The summed E-state index contributed by atoms with van der Waals surface area (Å²) in [6.07, 6.45) is 0.366. The molecule has 1 heterocycles. The lowest BCUT2D eigenvalue weighted by Crippen LogP contribution is -2.51. The third-order valence-electron chi connectivity index (χ3n) is 3.28. The summed E-state index contributed by atoms with van der Waals surface area (Å²) in [6.45, 7) is 3.71. The van der Waals surface area contributed by atoms with E-state index in [-0.39, 0.29) is 18.1 Å². The summed E-state index contributed by atoms with van der Waals surface area (Å²) in [7, 11) is 0. The maximum atomic E-state index is 12.3. The van der Waals surface area contributed by atoms with Gasteiger partial charge >= 0.3 is 0 Å². The molecule has 19 heavy (non-hydrogen) atoms. The minimum absolute atomic E-state index is 0.0542. The summed E-state index contributed by atoms with van der Waals surface area (Å²) in [6, 6.07) is 7.78. The number of ether oxygens (including phenoxy) is 1. The Hall–Kier alpha value is -0.910. The Labute approximate surface area is 122 Å². The van der Waals surface area contributed by atoms with Gasteiger partial charge in [0.05, 0.1) is 19.1 Å². The molecule has 1 aliphatic heterocycles. The van der Waals surface area contributed by atoms with Gasteiger partial charge in [-0.3, -0.25) is 4.79 Å². The van der Waals surface area contributed by atoms with Gasteiger partial charge in [0.1, 0.15) is 0 Å². The van der Waals surface area contributed by atoms with E-state index in [1.165, 1.54) is 0 Å². The largest absolute Gasteiger partial charge is 0.373 e. The summed E-state index contributed by atoms with van der Waals surface area (Å²) >= 11 is 3.42. The molecule has 1 aromatic rings. The van der Waals surface area contributed by atoms with Crippen molar-refractivity contribution < 1.29 is 9.53 Å². The third kappa shape index (κ3) is 4.03. The number of carbonyl (C=O) groups is 1. The zero-order chi connectivity index (χ0) is 13.8. The van der Waals surface area contributed by atoms with Crippen LogP contribution in [0.15, 0.2) is 28.7 Å². The Bertz CT molecular complexity index is 451. The van der Waals surface area contributed by atoms with Gasteiger partial charge in [-0.15, -0.1) is 0 Å². The van der Waals surface area contributed by atoms with E-state index in [1.54, 1.807) is 0 Å². The zero-order valence-corrected chi connectivity index (χ0v) is 12.6. The van der Waals surface area contributed by atoms with Crippen molar-refractivity contribution in [1.29, 1.82) is 0 Å². The average molecular weight is 327 g/mol. The molecule has 1 aliphatic rings. The molecule has 2 atom stereocenters. The van der Waals surface area contributed by atoms with E-state index in [2.05, 4.69) is 15.9 Å². The molecule has 0 aliphatic carbocycles. The Balaban J connectivity index is 1.96. The van der Waals surface area contributed by atoms with Crippen LogP contribution in [-0.4, -0.2) is 42.6 Å². The molecule has 4 nitrogen and oxygen atoms in total. The van der Waals surface area contributed by atoms with E-state index in [1.807, 2.05) is 36.1 Å². The average Bonchev–Trinajstić information content (AvgIpc) is 2.39. The van der Waals surface area contributed by atoms with Gasteiger partial charge in [0, 0.05) is 23.6 Å². The fraction of sp³-hybridized carbons (Fsp3) is 0.500. The van der Waals surface area contributed by atoms with Crippen LogP contribution in [0.3, 0.4) is 0 Å². The van der Waals surface area contributed by atoms with Crippen LogP contribution >= 0.6 is 15.9 Å². The van der Waals surface area contributed by atoms with Crippen LogP contribution in [0.1, 0.15) is 12.5 Å². The summed E-state index contributed by atoms with van der Waals surface area (Å²) in [5.41, 5.74) is 6.85. The molecule has 2 rings (SSSR count). The van der Waals surface area contributed by atoms with Crippen LogP contribution in [0.5, 0.6) is 0 Å². The van der Waals surface area contributed by atoms with E-state index < -0.39 is 0 Å². The van der Waals surface area contributed by atoms with Gasteiger partial charge in [-0.1, -0.05) is 28.1 Å². The summed E-state index contributed by atoms with van der Waals surface area (Å²) < 4.78 is 6.56. The van der Waals surface area contributed by atoms with Gasteiger partial charge in [-0.2, -0.15) is 0 Å². The van der Waals surface area contributed by atoms with Crippen LogP contribution in [0.2, 0.25) is 0 Å². The van der Waals surface area contributed by atoms with Crippen molar-refractivity contribution in [2.45, 2.75) is 25.5 Å². The molecule has 0 bridgehead atoms. The first-order chi connectivity index (χ1) is 9.06. The van der Waals surface area contributed by atoms with Crippen LogP contribution in [0.4, 0.5) is 0 Å². The second kappa shape index (κ2) is 6.50. The van der Waals surface area contributed by atoms with Gasteiger partial charge in [-0.05, 0) is 24.6 Å². The number of benzene rings is 1. The monoisotopic (exact) mass is 326 g/mol. The van der Waals surface area contributed by atoms with Crippen LogP contribution in [-0.2, 0) is 16.0 Å². The number of halogens is 1. The topological polar surface area (TPSA) is 55.6 Å². The maximum Gasteiger partial charge on any atom is 0.227 e. The minimum Gasteiger partial charge on any atom is -0.373 e. The first-order valence-electron chi connectivity index (χ1n) is 6.45. The Morgan fingerprint density at radius 1 is 1.63 bits per heavy atom. The molecule has 0 radical (unpaired) electrons. The van der Waals surface area contributed by atoms with Crippen molar-refractivity contribution >= 4 is 21.8 Å². The molecule has 5 heteroatoms. The van der Waals surface area contributed by atoms with E-state index >= 15 is 0 Å². The minimum atomic E-state index is -0.0554. The highest BCUT2D eigenvalue weighted by Crippen LogP contribution is 2.14. The Kier molecular flexibility index (Phi) is 4.96. The van der Waals surface area contributed by atoms with Crippen molar-refractivity contribution in [3.63, 3.8) is 0 Å². The van der Waals surface area contributed by atoms with Crippen molar-refractivity contribution in [2.75, 3.05) is 19.7 Å². The lowest BCUT2D eigenvalue weighted by atomic mass is 10.1. The smallest absolute Gasteiger partial charge is 0.227 e. The number of hydrogen-bond donors (Lipinski definition) is 1. The molecule has 2 N–H and O–H groups in total. The number of carbonyl (C=O) groups excluding carboxylic acids is 1. The Morgan fingerprint density at radius 2 is 2.42 bits per heavy atom. The number of amides is 1. The predicted octanol–water partition coefficient (Wildman–Crippen LogP) is 1.57. The van der Waals surface area contributed by atoms with Crippen LogP contribution in [0, 0.1) is 0 Å². The van der Waals surface area contributed by atoms with E-state index in [9.17, 15) is 4.79 Å². The van der Waals surface area contributed by atoms with Crippen molar-refractivity contribution in [1.82, 2.24) is 4.90 Å². The Morgan fingerprint density at radius 3 is 3.11 bits per heavy atom. The lowest BCUT2D eigenvalue weighted by Gasteiger charge is -2.34. The van der Waals surface area contributed by atoms with Crippen molar-refractivity contribution in [2.24, 2.45) is 5.73 Å². The van der Waals surface area contributed by atoms with Gasteiger partial charge in [0.25, 0.3) is 0 Å². The zero-order valence-electron chi connectivity index (χ0n) is 11.0. The molecule has 1 aromatic carbocycles. The second-order valence-electron chi connectivity index (χ2n) is 4.91. The van der Waals surface area contributed by atoms with E-state index in [4.69, 9.17) is 10.5 Å². The molecular formula is C14H19BrN2O2. The molecule has 104 valence electrons. The molecule has 0 spiro atoms. The molecule has 1 fully saturated rings. The highest BCUT2D eigenvalue weighted by molar-refractivity contribution is 9.10. The first-order valence-corrected chi connectivity index (χ1v) is 7.25. The first kappa shape index (κ1) is 14.5. The SMILES string of the molecule is C[C@@H](N)[C@H]1CN(C(=O)Cc2cccc(Br)c2)CCO1. The lowest BCUT2D eigenvalue weighted by molar-refractivity contribution is -0.138.